The number of carbonyl (C=O) groups excluding carboxylic acids is 1. The van der Waals surface area contributed by atoms with E-state index in [0.717, 1.165) is 44.6 Å². The van der Waals surface area contributed by atoms with Crippen molar-refractivity contribution < 1.29 is 19.4 Å². The molecular weight excluding hydrogens is 540 g/mol. The summed E-state index contributed by atoms with van der Waals surface area (Å²) in [7, 11) is 0. The Labute approximate surface area is 250 Å². The van der Waals surface area contributed by atoms with Gasteiger partial charge >= 0.3 is 0 Å². The van der Waals surface area contributed by atoms with E-state index in [1.165, 1.54) is 6.92 Å². The van der Waals surface area contributed by atoms with E-state index in [0.29, 0.717) is 24.8 Å². The zero-order valence-corrected chi connectivity index (χ0v) is 24.4. The van der Waals surface area contributed by atoms with Crippen LogP contribution in [0.25, 0.3) is 10.9 Å². The molecule has 5 aromatic rings. The van der Waals surface area contributed by atoms with Crippen LogP contribution >= 0.6 is 0 Å². The minimum atomic E-state index is -1.10. The molecule has 1 unspecified atom stereocenters. The molecule has 0 fully saturated rings. The molecule has 1 atom stereocenters. The first-order valence-corrected chi connectivity index (χ1v) is 14.3. The number of benzene rings is 4. The molecule has 0 radical (unpaired) electrons. The number of aromatic nitrogens is 1. The van der Waals surface area contributed by atoms with E-state index in [1.807, 2.05) is 97.1 Å². The highest BCUT2D eigenvalue weighted by Gasteiger charge is 2.32. The van der Waals surface area contributed by atoms with E-state index < -0.39 is 6.35 Å². The van der Waals surface area contributed by atoms with Crippen molar-refractivity contribution in [1.82, 2.24) is 9.99 Å². The van der Waals surface area contributed by atoms with E-state index in [-0.39, 0.29) is 11.8 Å². The molecule has 0 saturated carbocycles. The number of hydrazone groups is 1. The Hall–Kier alpha value is -5.08. The predicted octanol–water partition coefficient (Wildman–Crippen LogP) is 6.63. The van der Waals surface area contributed by atoms with Crippen LogP contribution in [0.3, 0.4) is 0 Å². The Kier molecular flexibility index (Phi) is 7.85. The van der Waals surface area contributed by atoms with Gasteiger partial charge in [-0.1, -0.05) is 74.5 Å². The molecule has 1 aliphatic rings. The maximum atomic E-state index is 12.1. The lowest BCUT2D eigenvalue weighted by Crippen LogP contribution is -2.40. The molecule has 8 heteroatoms. The number of rotatable bonds is 9. The quantitative estimate of drug-likeness (QED) is 0.206. The Bertz CT molecular complexity index is 1780. The second kappa shape index (κ2) is 12.0. The molecular formula is C35H34N4O4. The van der Waals surface area contributed by atoms with Gasteiger partial charge in [0, 0.05) is 30.3 Å². The molecule has 2 heterocycles. The standard InChI is InChI=1S/C35H34N4O4/c1-23(2)29-19-30(34-36-37-35(41)39(34)28-14-15-31-27(18-28)16-17-38(31)24(3)40)33(43-22-26-12-8-5-9-13-26)20-32(29)42-21-25-10-6-4-7-11-25/h4-20,23,35,37,41H,21-22H2,1-3H3. The van der Waals surface area contributed by atoms with Crippen molar-refractivity contribution in [3.05, 3.63) is 126 Å². The summed E-state index contributed by atoms with van der Waals surface area (Å²) < 4.78 is 14.4. The highest BCUT2D eigenvalue weighted by molar-refractivity contribution is 6.13. The van der Waals surface area contributed by atoms with Crippen LogP contribution in [0.15, 0.2) is 108 Å². The average Bonchev–Trinajstić information content (AvgIpc) is 3.63. The van der Waals surface area contributed by atoms with Crippen molar-refractivity contribution in [2.24, 2.45) is 5.10 Å². The zero-order chi connectivity index (χ0) is 29.9. The number of hydrogen-bond donors (Lipinski definition) is 2. The van der Waals surface area contributed by atoms with Crippen LogP contribution in [0.4, 0.5) is 5.69 Å². The lowest BCUT2D eigenvalue weighted by Gasteiger charge is -2.26. The van der Waals surface area contributed by atoms with Gasteiger partial charge in [0.2, 0.25) is 12.3 Å². The number of aliphatic hydroxyl groups is 1. The van der Waals surface area contributed by atoms with Gasteiger partial charge in [-0.25, -0.2) is 0 Å². The molecule has 0 spiro atoms. The summed E-state index contributed by atoms with van der Waals surface area (Å²) in [6.45, 7) is 6.54. The normalized spacial score (nSPS) is 14.6. The topological polar surface area (TPSA) is 88.3 Å². The van der Waals surface area contributed by atoms with Crippen LogP contribution in [-0.2, 0) is 13.2 Å². The predicted molar refractivity (Wildman–Crippen MR) is 168 cm³/mol. The van der Waals surface area contributed by atoms with Gasteiger partial charge in [-0.15, -0.1) is 0 Å². The van der Waals surface area contributed by atoms with Crippen molar-refractivity contribution in [3.8, 4) is 11.5 Å². The Morgan fingerprint density at radius 3 is 2.16 bits per heavy atom. The average molecular weight is 575 g/mol. The van der Waals surface area contributed by atoms with Crippen LogP contribution in [0.1, 0.15) is 53.7 Å². The number of nitrogens with zero attached hydrogens (tertiary/aromatic N) is 3. The Morgan fingerprint density at radius 1 is 0.884 bits per heavy atom. The highest BCUT2D eigenvalue weighted by Crippen LogP contribution is 2.37. The van der Waals surface area contributed by atoms with Gasteiger partial charge in [-0.3, -0.25) is 19.7 Å². The molecule has 0 aliphatic carbocycles. The number of aliphatic hydroxyl groups excluding tert-OH is 1. The third-order valence-electron chi connectivity index (χ3n) is 7.50. The lowest BCUT2D eigenvalue weighted by molar-refractivity contribution is 0.0941. The van der Waals surface area contributed by atoms with Gasteiger partial charge in [-0.2, -0.15) is 5.10 Å². The maximum absolute atomic E-state index is 12.1. The molecule has 8 nitrogen and oxygen atoms in total. The summed E-state index contributed by atoms with van der Waals surface area (Å²) in [5.41, 5.74) is 8.15. The van der Waals surface area contributed by atoms with Gasteiger partial charge < -0.3 is 14.6 Å². The SMILES string of the molecule is CC(=O)n1ccc2cc(N3C(c4cc(C(C)C)c(OCc5ccccc5)cc4OCc4ccccc4)=NNC3O)ccc21. The molecule has 6 rings (SSSR count). The van der Waals surface area contributed by atoms with E-state index in [1.54, 1.807) is 15.7 Å². The van der Waals surface area contributed by atoms with Crippen LogP contribution in [0, 0.1) is 0 Å². The molecule has 43 heavy (non-hydrogen) atoms. The molecule has 218 valence electrons. The molecule has 0 saturated heterocycles. The minimum Gasteiger partial charge on any atom is -0.488 e. The summed E-state index contributed by atoms with van der Waals surface area (Å²) in [5, 5.41) is 16.5. The van der Waals surface area contributed by atoms with E-state index in [4.69, 9.17) is 9.47 Å². The van der Waals surface area contributed by atoms with Gasteiger partial charge in [0.1, 0.15) is 24.7 Å². The number of carbonyl (C=O) groups is 1. The summed E-state index contributed by atoms with van der Waals surface area (Å²) in [6.07, 6.45) is 0.657. The van der Waals surface area contributed by atoms with Gasteiger partial charge in [0.15, 0.2) is 5.84 Å². The summed E-state index contributed by atoms with van der Waals surface area (Å²) >= 11 is 0. The van der Waals surface area contributed by atoms with Crippen LogP contribution in [0.2, 0.25) is 0 Å². The van der Waals surface area contributed by atoms with Crippen molar-refractivity contribution in [2.75, 3.05) is 4.90 Å². The number of nitrogens with one attached hydrogen (secondary N) is 1. The van der Waals surface area contributed by atoms with E-state index >= 15 is 0 Å². The smallest absolute Gasteiger partial charge is 0.227 e. The molecule has 0 bridgehead atoms. The van der Waals surface area contributed by atoms with Gasteiger partial charge in [0.05, 0.1) is 11.1 Å². The number of amidine groups is 1. The first-order valence-electron chi connectivity index (χ1n) is 14.3. The third kappa shape index (κ3) is 5.82. The molecule has 4 aromatic carbocycles. The summed E-state index contributed by atoms with van der Waals surface area (Å²) in [5.74, 6) is 1.90. The first-order chi connectivity index (χ1) is 20.9. The largest absolute Gasteiger partial charge is 0.488 e. The zero-order valence-electron chi connectivity index (χ0n) is 24.4. The number of anilines is 1. The van der Waals surface area contributed by atoms with Gasteiger partial charge in [0.25, 0.3) is 0 Å². The van der Waals surface area contributed by atoms with Gasteiger partial charge in [-0.05, 0) is 52.9 Å². The Morgan fingerprint density at radius 2 is 1.53 bits per heavy atom. The monoisotopic (exact) mass is 574 g/mol. The molecule has 1 aliphatic heterocycles. The van der Waals surface area contributed by atoms with Crippen molar-refractivity contribution in [1.29, 1.82) is 0 Å². The summed E-state index contributed by atoms with van der Waals surface area (Å²) in [4.78, 5) is 13.8. The maximum Gasteiger partial charge on any atom is 0.227 e. The molecule has 0 amide bonds. The van der Waals surface area contributed by atoms with Crippen molar-refractivity contribution in [3.63, 3.8) is 0 Å². The second-order valence-corrected chi connectivity index (χ2v) is 10.8. The molecule has 1 aromatic heterocycles. The van der Waals surface area contributed by atoms with Crippen LogP contribution in [-0.4, -0.2) is 27.8 Å². The highest BCUT2D eigenvalue weighted by atomic mass is 16.5. The number of ether oxygens (including phenoxy) is 2. The van der Waals surface area contributed by atoms with E-state index in [9.17, 15) is 9.90 Å². The first kappa shape index (κ1) is 28.1. The van der Waals surface area contributed by atoms with Crippen LogP contribution in [0.5, 0.6) is 11.5 Å². The minimum absolute atomic E-state index is 0.0659. The van der Waals surface area contributed by atoms with Crippen molar-refractivity contribution >= 4 is 28.3 Å². The Balaban J connectivity index is 1.41. The fourth-order valence-corrected chi connectivity index (χ4v) is 5.27. The number of hydrogen-bond acceptors (Lipinski definition) is 7. The van der Waals surface area contributed by atoms with Crippen molar-refractivity contribution in [2.45, 2.75) is 46.3 Å². The number of fused-ring (bicyclic) bond motifs is 1. The second-order valence-electron chi connectivity index (χ2n) is 10.8. The fraction of sp³-hybridized carbons (Fsp3) is 0.200. The van der Waals surface area contributed by atoms with E-state index in [2.05, 4.69) is 24.4 Å². The lowest BCUT2D eigenvalue weighted by atomic mass is 9.97. The van der Waals surface area contributed by atoms with Crippen LogP contribution < -0.4 is 19.8 Å². The summed E-state index contributed by atoms with van der Waals surface area (Å²) in [6, 6.07) is 31.6. The molecule has 2 N–H and O–H groups in total. The third-order valence-corrected chi connectivity index (χ3v) is 7.50. The fourth-order valence-electron chi connectivity index (χ4n) is 5.27.